The van der Waals surface area contributed by atoms with E-state index in [1.54, 1.807) is 24.4 Å². The van der Waals surface area contributed by atoms with Gasteiger partial charge in [-0.25, -0.2) is 13.4 Å². The van der Waals surface area contributed by atoms with Crippen LogP contribution in [0.2, 0.25) is 0 Å². The standard InChI is InChI=1S/C12H15N5O2S/c1-20(18,19)10-11(13)17(9-4-2-3-7-14-9)16-12(10)15-8-5-6-8/h2-4,7-8H,5-6,13H2,1H3,(H,15,16). The smallest absolute Gasteiger partial charge is 0.182 e. The molecule has 0 amide bonds. The molecule has 2 aromatic rings. The Bertz CT molecular complexity index is 735. The van der Waals surface area contributed by atoms with E-state index < -0.39 is 9.84 Å². The molecule has 1 saturated carbocycles. The van der Waals surface area contributed by atoms with E-state index >= 15 is 0 Å². The van der Waals surface area contributed by atoms with Gasteiger partial charge in [0.25, 0.3) is 0 Å². The van der Waals surface area contributed by atoms with E-state index in [4.69, 9.17) is 5.73 Å². The lowest BCUT2D eigenvalue weighted by atomic mass is 10.4. The molecule has 20 heavy (non-hydrogen) atoms. The van der Waals surface area contributed by atoms with Gasteiger partial charge in [0.2, 0.25) is 0 Å². The van der Waals surface area contributed by atoms with E-state index in [1.807, 2.05) is 0 Å². The summed E-state index contributed by atoms with van der Waals surface area (Å²) in [5.41, 5.74) is 5.96. The predicted octanol–water partition coefficient (Wildman–Crippen LogP) is 0.827. The minimum absolute atomic E-state index is 0.0371. The molecule has 0 radical (unpaired) electrons. The number of pyridine rings is 1. The van der Waals surface area contributed by atoms with E-state index in [1.165, 1.54) is 4.68 Å². The monoisotopic (exact) mass is 293 g/mol. The lowest BCUT2D eigenvalue weighted by molar-refractivity contribution is 0.602. The fourth-order valence-electron chi connectivity index (χ4n) is 1.95. The van der Waals surface area contributed by atoms with Crippen LogP contribution in [-0.4, -0.2) is 35.5 Å². The van der Waals surface area contributed by atoms with Crippen molar-refractivity contribution in [2.45, 2.75) is 23.8 Å². The third kappa shape index (κ3) is 2.34. The Labute approximate surface area is 116 Å². The molecule has 7 nitrogen and oxygen atoms in total. The van der Waals surface area contributed by atoms with Crippen LogP contribution in [0.3, 0.4) is 0 Å². The Morgan fingerprint density at radius 3 is 2.70 bits per heavy atom. The topological polar surface area (TPSA) is 103 Å². The summed E-state index contributed by atoms with van der Waals surface area (Å²) < 4.78 is 25.2. The summed E-state index contributed by atoms with van der Waals surface area (Å²) in [6.45, 7) is 0. The number of nitrogen functional groups attached to an aromatic ring is 1. The van der Waals surface area contributed by atoms with Gasteiger partial charge in [-0.15, -0.1) is 5.10 Å². The van der Waals surface area contributed by atoms with Crippen LogP contribution in [0, 0.1) is 0 Å². The van der Waals surface area contributed by atoms with Gasteiger partial charge in [0.05, 0.1) is 0 Å². The van der Waals surface area contributed by atoms with Crippen LogP contribution in [0.5, 0.6) is 0 Å². The number of sulfone groups is 1. The molecule has 0 bridgehead atoms. The first kappa shape index (κ1) is 12.9. The number of hydrogen-bond donors (Lipinski definition) is 2. The lowest BCUT2D eigenvalue weighted by Crippen LogP contribution is -2.08. The molecule has 3 N–H and O–H groups in total. The van der Waals surface area contributed by atoms with Gasteiger partial charge in [0, 0.05) is 18.5 Å². The molecule has 0 spiro atoms. The molecule has 1 aliphatic rings. The summed E-state index contributed by atoms with van der Waals surface area (Å²) in [4.78, 5) is 4.18. The summed E-state index contributed by atoms with van der Waals surface area (Å²) in [5.74, 6) is 0.867. The Hall–Kier alpha value is -2.09. The predicted molar refractivity (Wildman–Crippen MR) is 75.5 cm³/mol. The zero-order valence-electron chi connectivity index (χ0n) is 10.9. The van der Waals surface area contributed by atoms with Crippen LogP contribution in [0.25, 0.3) is 5.82 Å². The van der Waals surface area contributed by atoms with Crippen molar-refractivity contribution in [2.24, 2.45) is 0 Å². The van der Waals surface area contributed by atoms with Gasteiger partial charge in [0.1, 0.15) is 5.82 Å². The second kappa shape index (κ2) is 4.48. The van der Waals surface area contributed by atoms with Crippen LogP contribution >= 0.6 is 0 Å². The highest BCUT2D eigenvalue weighted by Gasteiger charge is 2.29. The van der Waals surface area contributed by atoms with Crippen molar-refractivity contribution in [2.75, 3.05) is 17.3 Å². The number of nitrogens with one attached hydrogen (secondary N) is 1. The molecule has 1 aliphatic carbocycles. The summed E-state index contributed by atoms with van der Waals surface area (Å²) in [7, 11) is -3.47. The molecule has 2 aromatic heterocycles. The van der Waals surface area contributed by atoms with E-state index in [-0.39, 0.29) is 16.8 Å². The highest BCUT2D eigenvalue weighted by Crippen LogP contribution is 2.32. The second-order valence-corrected chi connectivity index (χ2v) is 6.81. The lowest BCUT2D eigenvalue weighted by Gasteiger charge is -2.02. The zero-order chi connectivity index (χ0) is 14.3. The van der Waals surface area contributed by atoms with Crippen molar-refractivity contribution in [1.29, 1.82) is 0 Å². The maximum atomic E-state index is 11.9. The SMILES string of the molecule is CS(=O)(=O)c1c(NC2CC2)nn(-c2ccccn2)c1N. The number of nitrogens with two attached hydrogens (primary N) is 1. The van der Waals surface area contributed by atoms with E-state index in [0.29, 0.717) is 11.6 Å². The van der Waals surface area contributed by atoms with Gasteiger partial charge in [0.15, 0.2) is 26.4 Å². The largest absolute Gasteiger partial charge is 0.382 e. The maximum Gasteiger partial charge on any atom is 0.182 e. The summed E-state index contributed by atoms with van der Waals surface area (Å²) >= 11 is 0. The molecule has 106 valence electrons. The van der Waals surface area contributed by atoms with E-state index in [0.717, 1.165) is 19.1 Å². The molecule has 8 heteroatoms. The third-order valence-corrected chi connectivity index (χ3v) is 4.18. The fraction of sp³-hybridized carbons (Fsp3) is 0.333. The highest BCUT2D eigenvalue weighted by atomic mass is 32.2. The van der Waals surface area contributed by atoms with Crippen LogP contribution in [-0.2, 0) is 9.84 Å². The second-order valence-electron chi connectivity index (χ2n) is 4.85. The van der Waals surface area contributed by atoms with E-state index in [9.17, 15) is 8.42 Å². The average molecular weight is 293 g/mol. The van der Waals surface area contributed by atoms with E-state index in [2.05, 4.69) is 15.4 Å². The fourth-order valence-corrected chi connectivity index (χ4v) is 2.87. The zero-order valence-corrected chi connectivity index (χ0v) is 11.8. The normalized spacial score (nSPS) is 15.2. The molecule has 0 saturated heterocycles. The molecule has 3 rings (SSSR count). The van der Waals surface area contributed by atoms with Crippen LogP contribution in [0.4, 0.5) is 11.6 Å². The van der Waals surface area contributed by atoms with Crippen molar-refractivity contribution in [3.63, 3.8) is 0 Å². The number of hydrogen-bond acceptors (Lipinski definition) is 6. The quantitative estimate of drug-likeness (QED) is 0.865. The molecule has 0 aromatic carbocycles. The van der Waals surface area contributed by atoms with Gasteiger partial charge >= 0.3 is 0 Å². The van der Waals surface area contributed by atoms with Gasteiger partial charge in [-0.3, -0.25) is 0 Å². The molecule has 0 atom stereocenters. The molecular weight excluding hydrogens is 278 g/mol. The Balaban J connectivity index is 2.15. The molecular formula is C12H15N5O2S. The number of rotatable bonds is 4. The third-order valence-electron chi connectivity index (χ3n) is 3.03. The van der Waals surface area contributed by atoms with Crippen molar-refractivity contribution in [3.8, 4) is 5.82 Å². The van der Waals surface area contributed by atoms with Crippen LogP contribution in [0.1, 0.15) is 12.8 Å². The van der Waals surface area contributed by atoms with Crippen molar-refractivity contribution in [3.05, 3.63) is 24.4 Å². The molecule has 0 aliphatic heterocycles. The van der Waals surface area contributed by atoms with Crippen molar-refractivity contribution < 1.29 is 8.42 Å². The first-order valence-electron chi connectivity index (χ1n) is 6.23. The van der Waals surface area contributed by atoms with Gasteiger partial charge in [-0.2, -0.15) is 4.68 Å². The summed E-state index contributed by atoms with van der Waals surface area (Å²) in [6, 6.07) is 5.56. The minimum atomic E-state index is -3.47. The first-order valence-corrected chi connectivity index (χ1v) is 8.12. The van der Waals surface area contributed by atoms with Crippen molar-refractivity contribution in [1.82, 2.24) is 14.8 Å². The Morgan fingerprint density at radius 1 is 1.40 bits per heavy atom. The number of anilines is 2. The summed E-state index contributed by atoms with van der Waals surface area (Å²) in [6.07, 6.45) is 4.75. The maximum absolute atomic E-state index is 11.9. The molecule has 2 heterocycles. The van der Waals surface area contributed by atoms with Gasteiger partial charge in [-0.05, 0) is 25.0 Å². The van der Waals surface area contributed by atoms with Crippen LogP contribution < -0.4 is 11.1 Å². The van der Waals surface area contributed by atoms with Crippen molar-refractivity contribution >= 4 is 21.5 Å². The highest BCUT2D eigenvalue weighted by molar-refractivity contribution is 7.91. The first-order chi connectivity index (χ1) is 9.47. The average Bonchev–Trinajstić information content (AvgIpc) is 3.12. The Kier molecular flexibility index (Phi) is 2.89. The van der Waals surface area contributed by atoms with Crippen LogP contribution in [0.15, 0.2) is 29.3 Å². The molecule has 0 unspecified atom stereocenters. The summed E-state index contributed by atoms with van der Waals surface area (Å²) in [5, 5.41) is 7.37. The Morgan fingerprint density at radius 2 is 2.15 bits per heavy atom. The minimum Gasteiger partial charge on any atom is -0.382 e. The number of nitrogens with zero attached hydrogens (tertiary/aromatic N) is 3. The molecule has 1 fully saturated rings. The van der Waals surface area contributed by atoms with Gasteiger partial charge in [-0.1, -0.05) is 6.07 Å². The van der Waals surface area contributed by atoms with Gasteiger partial charge < -0.3 is 11.1 Å². The number of aromatic nitrogens is 3.